The summed E-state index contributed by atoms with van der Waals surface area (Å²) < 4.78 is 13.0. The highest BCUT2D eigenvalue weighted by Gasteiger charge is 2.06. The summed E-state index contributed by atoms with van der Waals surface area (Å²) >= 11 is 2.97. The molecule has 0 aliphatic heterocycles. The number of nitrogens with one attached hydrogen (secondary N) is 1. The lowest BCUT2D eigenvalue weighted by molar-refractivity contribution is -0.111. The second kappa shape index (κ2) is 6.64. The number of halogens is 1. The second-order valence-corrected chi connectivity index (χ2v) is 6.20. The maximum atomic E-state index is 13.0. The van der Waals surface area contributed by atoms with Crippen molar-refractivity contribution in [2.45, 2.75) is 0 Å². The van der Waals surface area contributed by atoms with E-state index in [1.165, 1.54) is 29.5 Å². The number of hydrogen-bond acceptors (Lipinski definition) is 4. The molecule has 0 unspecified atom stereocenters. The zero-order valence-corrected chi connectivity index (χ0v) is 13.0. The number of hydrogen-bond donors (Lipinski definition) is 1. The van der Waals surface area contributed by atoms with Gasteiger partial charge in [0.05, 0.1) is 10.6 Å². The first kappa shape index (κ1) is 14.6. The number of aromatic nitrogens is 1. The third-order valence-corrected chi connectivity index (χ3v) is 4.43. The fraction of sp³-hybridized carbons (Fsp3) is 0. The maximum Gasteiger partial charge on any atom is 0.250 e. The monoisotopic (exact) mass is 330 g/mol. The smallest absolute Gasteiger partial charge is 0.250 e. The van der Waals surface area contributed by atoms with Crippen LogP contribution < -0.4 is 5.32 Å². The van der Waals surface area contributed by atoms with Gasteiger partial charge < -0.3 is 0 Å². The Morgan fingerprint density at radius 2 is 2.14 bits per heavy atom. The van der Waals surface area contributed by atoms with Crippen LogP contribution in [0.25, 0.3) is 16.6 Å². The van der Waals surface area contributed by atoms with Crippen LogP contribution in [0.1, 0.15) is 5.56 Å². The highest BCUT2D eigenvalue weighted by atomic mass is 32.1. The summed E-state index contributed by atoms with van der Waals surface area (Å²) in [5, 5.41) is 7.12. The Labute approximate surface area is 134 Å². The molecule has 6 heteroatoms. The van der Waals surface area contributed by atoms with Gasteiger partial charge in [-0.2, -0.15) is 0 Å². The Hall–Kier alpha value is -2.31. The van der Waals surface area contributed by atoms with E-state index >= 15 is 0 Å². The van der Waals surface area contributed by atoms with Gasteiger partial charge in [0.15, 0.2) is 5.13 Å². The summed E-state index contributed by atoms with van der Waals surface area (Å²) in [5.74, 6) is -0.626. The molecule has 0 fully saturated rings. The summed E-state index contributed by atoms with van der Waals surface area (Å²) in [7, 11) is 0. The summed E-state index contributed by atoms with van der Waals surface area (Å²) in [5.41, 5.74) is 1.48. The van der Waals surface area contributed by atoms with Crippen molar-refractivity contribution in [3.63, 3.8) is 0 Å². The van der Waals surface area contributed by atoms with Crippen LogP contribution in [-0.2, 0) is 4.79 Å². The van der Waals surface area contributed by atoms with E-state index in [0.717, 1.165) is 10.6 Å². The Balaban J connectivity index is 1.65. The van der Waals surface area contributed by atoms with Crippen LogP contribution in [0, 0.1) is 5.82 Å². The molecule has 0 aliphatic carbocycles. The molecule has 0 spiro atoms. The third kappa shape index (κ3) is 3.66. The van der Waals surface area contributed by atoms with E-state index in [4.69, 9.17) is 0 Å². The normalized spacial score (nSPS) is 11.0. The van der Waals surface area contributed by atoms with Crippen molar-refractivity contribution < 1.29 is 9.18 Å². The molecule has 3 nitrogen and oxygen atoms in total. The van der Waals surface area contributed by atoms with Crippen LogP contribution in [0.3, 0.4) is 0 Å². The number of benzene rings is 1. The van der Waals surface area contributed by atoms with Crippen molar-refractivity contribution in [2.75, 3.05) is 5.32 Å². The third-order valence-electron chi connectivity index (χ3n) is 2.78. The molecule has 2 heterocycles. The fourth-order valence-electron chi connectivity index (χ4n) is 1.80. The first-order valence-corrected chi connectivity index (χ1v) is 8.21. The Morgan fingerprint density at radius 1 is 1.23 bits per heavy atom. The minimum atomic E-state index is -0.330. The SMILES string of the molecule is O=C(/C=C/c1cccc(F)c1)Nc1nc(-c2cccs2)cs1. The topological polar surface area (TPSA) is 42.0 Å². The van der Waals surface area contributed by atoms with E-state index in [1.54, 1.807) is 29.5 Å². The van der Waals surface area contributed by atoms with Crippen LogP contribution >= 0.6 is 22.7 Å². The summed E-state index contributed by atoms with van der Waals surface area (Å²) in [6.07, 6.45) is 2.92. The standard InChI is InChI=1S/C16H11FN2OS2/c17-12-4-1-3-11(9-12)6-7-15(20)19-16-18-13(10-22-16)14-5-2-8-21-14/h1-10H,(H,18,19,20)/b7-6+. The number of amides is 1. The molecule has 3 rings (SSSR count). The van der Waals surface area contributed by atoms with E-state index in [0.29, 0.717) is 10.7 Å². The molecule has 1 N–H and O–H groups in total. The molecule has 22 heavy (non-hydrogen) atoms. The Kier molecular flexibility index (Phi) is 4.41. The van der Waals surface area contributed by atoms with E-state index in [-0.39, 0.29) is 11.7 Å². The van der Waals surface area contributed by atoms with Crippen molar-refractivity contribution in [1.82, 2.24) is 4.98 Å². The van der Waals surface area contributed by atoms with Gasteiger partial charge >= 0.3 is 0 Å². The fourth-order valence-corrected chi connectivity index (χ4v) is 3.27. The zero-order chi connectivity index (χ0) is 15.4. The van der Waals surface area contributed by atoms with Crippen molar-refractivity contribution in [3.05, 3.63) is 64.6 Å². The molecule has 110 valence electrons. The number of thiazole rings is 1. The number of thiophene rings is 1. The van der Waals surface area contributed by atoms with Crippen LogP contribution in [-0.4, -0.2) is 10.9 Å². The van der Waals surface area contributed by atoms with E-state index in [9.17, 15) is 9.18 Å². The minimum absolute atomic E-state index is 0.295. The number of carbonyl (C=O) groups is 1. The largest absolute Gasteiger partial charge is 0.298 e. The Morgan fingerprint density at radius 3 is 2.91 bits per heavy atom. The van der Waals surface area contributed by atoms with Crippen LogP contribution in [0.5, 0.6) is 0 Å². The lowest BCUT2D eigenvalue weighted by atomic mass is 10.2. The summed E-state index contributed by atoms with van der Waals surface area (Å²) in [6.45, 7) is 0. The molecule has 0 bridgehead atoms. The van der Waals surface area contributed by atoms with Gasteiger partial charge in [-0.15, -0.1) is 22.7 Å². The second-order valence-electron chi connectivity index (χ2n) is 4.39. The molecule has 0 saturated heterocycles. The number of rotatable bonds is 4. The van der Waals surface area contributed by atoms with E-state index < -0.39 is 0 Å². The molecule has 0 aliphatic rings. The van der Waals surface area contributed by atoms with Gasteiger partial charge in [0, 0.05) is 11.5 Å². The van der Waals surface area contributed by atoms with Gasteiger partial charge in [-0.3, -0.25) is 10.1 Å². The Bertz CT molecular complexity index is 809. The van der Waals surface area contributed by atoms with Crippen molar-refractivity contribution in [1.29, 1.82) is 0 Å². The molecule has 1 aromatic carbocycles. The predicted molar refractivity (Wildman–Crippen MR) is 89.5 cm³/mol. The van der Waals surface area contributed by atoms with Gasteiger partial charge in [0.2, 0.25) is 5.91 Å². The first-order chi connectivity index (χ1) is 10.7. The lowest BCUT2D eigenvalue weighted by Crippen LogP contribution is -2.07. The summed E-state index contributed by atoms with van der Waals surface area (Å²) in [6, 6.07) is 9.99. The molecule has 3 aromatic rings. The van der Waals surface area contributed by atoms with Gasteiger partial charge in [0.1, 0.15) is 5.82 Å². The molecular weight excluding hydrogens is 319 g/mol. The maximum absolute atomic E-state index is 13.0. The summed E-state index contributed by atoms with van der Waals surface area (Å²) in [4.78, 5) is 17.3. The molecule has 0 atom stereocenters. The minimum Gasteiger partial charge on any atom is -0.298 e. The average Bonchev–Trinajstić information content (AvgIpc) is 3.16. The van der Waals surface area contributed by atoms with E-state index in [1.807, 2.05) is 22.9 Å². The molecule has 1 amide bonds. The van der Waals surface area contributed by atoms with Crippen LogP contribution in [0.4, 0.5) is 9.52 Å². The molecule has 0 radical (unpaired) electrons. The average molecular weight is 330 g/mol. The number of anilines is 1. The van der Waals surface area contributed by atoms with Gasteiger partial charge in [-0.05, 0) is 35.2 Å². The quantitative estimate of drug-likeness (QED) is 0.707. The molecule has 2 aromatic heterocycles. The highest BCUT2D eigenvalue weighted by molar-refractivity contribution is 7.16. The number of carbonyl (C=O) groups excluding carboxylic acids is 1. The molecule has 0 saturated carbocycles. The van der Waals surface area contributed by atoms with Crippen LogP contribution in [0.15, 0.2) is 53.2 Å². The lowest BCUT2D eigenvalue weighted by Gasteiger charge is -1.96. The van der Waals surface area contributed by atoms with Gasteiger partial charge in [-0.1, -0.05) is 18.2 Å². The van der Waals surface area contributed by atoms with Crippen molar-refractivity contribution in [2.24, 2.45) is 0 Å². The van der Waals surface area contributed by atoms with Crippen molar-refractivity contribution in [3.8, 4) is 10.6 Å². The first-order valence-electron chi connectivity index (χ1n) is 6.45. The number of nitrogens with zero attached hydrogens (tertiary/aromatic N) is 1. The zero-order valence-electron chi connectivity index (χ0n) is 11.3. The van der Waals surface area contributed by atoms with Gasteiger partial charge in [0.25, 0.3) is 0 Å². The van der Waals surface area contributed by atoms with E-state index in [2.05, 4.69) is 10.3 Å². The van der Waals surface area contributed by atoms with Gasteiger partial charge in [-0.25, -0.2) is 9.37 Å². The van der Waals surface area contributed by atoms with Crippen LogP contribution in [0.2, 0.25) is 0 Å². The molecular formula is C16H11FN2OS2. The highest BCUT2D eigenvalue weighted by Crippen LogP contribution is 2.28. The van der Waals surface area contributed by atoms with Crippen molar-refractivity contribution >= 4 is 39.8 Å². The predicted octanol–water partition coefficient (Wildman–Crippen LogP) is 4.66.